The van der Waals surface area contributed by atoms with Crippen LogP contribution >= 0.6 is 0 Å². The molecule has 10 rings (SSSR count). The Hall–Kier alpha value is -9.88. The zero-order valence-electron chi connectivity index (χ0n) is 71.1. The third-order valence-electron chi connectivity index (χ3n) is 25.4. The molecule has 648 valence electrons. The average molecular weight is 1650 g/mol. The van der Waals surface area contributed by atoms with Gasteiger partial charge in [-0.1, -0.05) is 133 Å². The maximum absolute atomic E-state index is 14.9. The Kier molecular flexibility index (Phi) is 33.9. The van der Waals surface area contributed by atoms with Gasteiger partial charge in [-0.05, 0) is 181 Å². The molecular formula is C94H124N8O18. The SMILES string of the molecule is CC(C)[C@H](CC(=O)CCOCCOCCOCCOCCCC(=O)CCC(=O)N1Cc2ccccc2C#Cc2ccccc21)C(=O)N[C@@H](CCCNC(N)=O)C(=O)Cc1ccc(COC(=O)N(C)CCN(CCOCCO)C(=O)Oc2ccc3c(c2)[C@@]2(C)CCC[C@](C)(C(=O)NC(=O)[C@@]4(C)CCC[C@]5(C)c6cc(N)ccc6CC[C@@H]45)[C@@H]2CC3)cc1. The molecule has 1 aliphatic heterocycles. The maximum Gasteiger partial charge on any atom is 0.415 e. The largest absolute Gasteiger partial charge is 0.445 e. The van der Waals surface area contributed by atoms with E-state index in [0.717, 1.165) is 78.5 Å². The van der Waals surface area contributed by atoms with Crippen molar-refractivity contribution in [2.75, 3.05) is 117 Å². The summed E-state index contributed by atoms with van der Waals surface area (Å²) in [6, 6.07) is 32.4. The number of anilines is 2. The second kappa shape index (κ2) is 44.1. The first-order valence-corrected chi connectivity index (χ1v) is 42.8. The molecule has 120 heavy (non-hydrogen) atoms. The van der Waals surface area contributed by atoms with Crippen LogP contribution in [0.25, 0.3) is 0 Å². The van der Waals surface area contributed by atoms with Crippen LogP contribution in [0.15, 0.2) is 109 Å². The Morgan fingerprint density at radius 2 is 1.19 bits per heavy atom. The van der Waals surface area contributed by atoms with Crippen LogP contribution in [0.4, 0.5) is 25.8 Å². The van der Waals surface area contributed by atoms with Gasteiger partial charge < -0.3 is 75.1 Å². The fourth-order valence-electron chi connectivity index (χ4n) is 18.5. The summed E-state index contributed by atoms with van der Waals surface area (Å²) >= 11 is 0. The van der Waals surface area contributed by atoms with Crippen LogP contribution in [0.2, 0.25) is 0 Å². The topological polar surface area (TPSA) is 353 Å². The van der Waals surface area contributed by atoms with Gasteiger partial charge in [0.2, 0.25) is 23.6 Å². The van der Waals surface area contributed by atoms with Crippen molar-refractivity contribution in [2.45, 2.75) is 194 Å². The molecule has 5 aromatic carbocycles. The quantitative estimate of drug-likeness (QED) is 0.00913. The Morgan fingerprint density at radius 3 is 1.84 bits per heavy atom. The number of urea groups is 1. The lowest BCUT2D eigenvalue weighted by Gasteiger charge is -2.56. The Labute approximate surface area is 706 Å². The van der Waals surface area contributed by atoms with Gasteiger partial charge in [0.05, 0.1) is 95.2 Å². The van der Waals surface area contributed by atoms with Crippen LogP contribution in [0, 0.1) is 46.3 Å². The van der Waals surface area contributed by atoms with Gasteiger partial charge in [0, 0.05) is 101 Å². The smallest absolute Gasteiger partial charge is 0.415 e. The third-order valence-corrected chi connectivity index (χ3v) is 25.4. The van der Waals surface area contributed by atoms with E-state index >= 15 is 0 Å². The minimum absolute atomic E-state index is 0.00278. The van der Waals surface area contributed by atoms with Crippen molar-refractivity contribution in [2.24, 2.45) is 40.2 Å². The van der Waals surface area contributed by atoms with E-state index in [9.17, 15) is 53.1 Å². The number of nitrogen functional groups attached to an aromatic ring is 1. The van der Waals surface area contributed by atoms with Gasteiger partial charge in [0.25, 0.3) is 0 Å². The Morgan fingerprint density at radius 1 is 0.600 bits per heavy atom. The molecule has 8 atom stereocenters. The number of hydrogen-bond acceptors (Lipinski definition) is 19. The van der Waals surface area contributed by atoms with Crippen LogP contribution in [0.5, 0.6) is 5.75 Å². The molecule has 5 aliphatic rings. The number of carbonyl (C=O) groups is 10. The number of fused-ring (bicyclic) bond motifs is 8. The molecule has 2 saturated carbocycles. The van der Waals surface area contributed by atoms with Crippen LogP contribution in [-0.2, 0) is 105 Å². The number of primary amides is 1. The number of ether oxygens (including phenoxy) is 7. The number of aryl methyl sites for hydroxylation is 2. The summed E-state index contributed by atoms with van der Waals surface area (Å²) in [6.07, 6.45) is 8.01. The van der Waals surface area contributed by atoms with Gasteiger partial charge in [-0.3, -0.25) is 38.9 Å². The van der Waals surface area contributed by atoms with Crippen LogP contribution < -0.4 is 37.1 Å². The number of ketones is 3. The number of aliphatic hydroxyl groups excluding tert-OH is 1. The van der Waals surface area contributed by atoms with Crippen molar-refractivity contribution in [3.05, 3.63) is 159 Å². The predicted octanol–water partition coefficient (Wildman–Crippen LogP) is 11.5. The number of para-hydroxylation sites is 1. The Bertz CT molecular complexity index is 4470. The molecule has 0 radical (unpaired) electrons. The zero-order valence-corrected chi connectivity index (χ0v) is 71.1. The van der Waals surface area contributed by atoms with E-state index in [1.807, 2.05) is 87.5 Å². The molecule has 0 aromatic heterocycles. The van der Waals surface area contributed by atoms with E-state index in [0.29, 0.717) is 101 Å². The van der Waals surface area contributed by atoms with E-state index in [2.05, 4.69) is 60.7 Å². The van der Waals surface area contributed by atoms with Crippen molar-refractivity contribution in [1.29, 1.82) is 0 Å². The number of aliphatic hydroxyl groups is 1. The number of carbonyl (C=O) groups excluding carboxylic acids is 10. The number of amides is 8. The molecule has 5 aromatic rings. The third kappa shape index (κ3) is 24.5. The first-order valence-electron chi connectivity index (χ1n) is 42.8. The second-order valence-electron chi connectivity index (χ2n) is 34.0. The van der Waals surface area contributed by atoms with Gasteiger partial charge in [-0.2, -0.15) is 0 Å². The lowest BCUT2D eigenvalue weighted by atomic mass is 9.49. The van der Waals surface area contributed by atoms with Gasteiger partial charge in [-0.15, -0.1) is 0 Å². The first kappa shape index (κ1) is 92.4. The minimum atomic E-state index is -0.960. The first-order chi connectivity index (χ1) is 57.6. The van der Waals surface area contributed by atoms with Crippen molar-refractivity contribution >= 4 is 70.6 Å². The van der Waals surface area contributed by atoms with Crippen LogP contribution in [0.3, 0.4) is 0 Å². The summed E-state index contributed by atoms with van der Waals surface area (Å²) in [4.78, 5) is 141. The number of benzene rings is 5. The minimum Gasteiger partial charge on any atom is -0.445 e. The van der Waals surface area contributed by atoms with Crippen molar-refractivity contribution in [3.63, 3.8) is 0 Å². The van der Waals surface area contributed by atoms with E-state index in [1.54, 1.807) is 42.3 Å². The summed E-state index contributed by atoms with van der Waals surface area (Å²) in [6.45, 7) is 15.1. The molecular weight excluding hydrogens is 1530 g/mol. The van der Waals surface area contributed by atoms with Crippen LogP contribution in [-0.4, -0.2) is 186 Å². The van der Waals surface area contributed by atoms with Gasteiger partial charge >= 0.3 is 18.2 Å². The highest BCUT2D eigenvalue weighted by Gasteiger charge is 2.59. The highest BCUT2D eigenvalue weighted by Crippen LogP contribution is 2.60. The summed E-state index contributed by atoms with van der Waals surface area (Å²) in [5, 5.41) is 17.9. The zero-order chi connectivity index (χ0) is 86.0. The highest BCUT2D eigenvalue weighted by molar-refractivity contribution is 6.01. The standard InChI is InChI=1S/C94H124N8O18/c1-64(2)76(60-74(105)38-49-115-53-55-118-57-56-117-54-52-114-48-13-19-73(104)33-37-84(107)102-62-71-18-9-8-16-67(71)26-27-70-17-10-11-21-80(70)102)85(108)98-79(20-12-43-97-88(96)111)81(106)58-65-22-24-66(25-23-65)63-119-89(112)100(7)44-45-101(46-50-116-51-47-103)90(113)120-75-34-29-69-31-36-83-92(4,78(69)61-75)40-15-42-94(83,6)87(110)99-86(109)93(5)41-14-39-91(3)77-59-72(95)32-28-68(77)30-35-82(91)93/h8-11,16-18,21-25,28-29,32,34,59,61,64,76,79,82-83,103H,12-15,19-20,30-31,33,35-58,60,62-63,95H2,1-7H3,(H,98,108)(H3,96,97,111)(H,99,109,110)/t76-,79-,82+,83+,91+,92+,93-,94-/m0/s1. The molecule has 0 bridgehead atoms. The molecule has 8 N–H and O–H groups in total. The molecule has 1 heterocycles. The molecule has 0 saturated heterocycles. The molecule has 0 unspecified atom stereocenters. The molecule has 26 heteroatoms. The summed E-state index contributed by atoms with van der Waals surface area (Å²) in [5.41, 5.74) is 19.2. The molecule has 0 spiro atoms. The fourth-order valence-corrected chi connectivity index (χ4v) is 18.5. The lowest BCUT2D eigenvalue weighted by Crippen LogP contribution is -2.60. The van der Waals surface area contributed by atoms with E-state index in [4.69, 9.17) is 44.6 Å². The van der Waals surface area contributed by atoms with Gasteiger partial charge in [-0.25, -0.2) is 14.4 Å². The van der Waals surface area contributed by atoms with Gasteiger partial charge in [0.1, 0.15) is 23.9 Å². The summed E-state index contributed by atoms with van der Waals surface area (Å²) in [5.74, 6) is 4.16. The fraction of sp³-hybridized carbons (Fsp3) is 0.553. The van der Waals surface area contributed by atoms with Crippen molar-refractivity contribution in [1.82, 2.24) is 25.8 Å². The number of rotatable bonds is 44. The molecule has 8 amide bonds. The monoisotopic (exact) mass is 1650 g/mol. The summed E-state index contributed by atoms with van der Waals surface area (Å²) < 4.78 is 40.0. The van der Waals surface area contributed by atoms with Gasteiger partial charge in [0.15, 0.2) is 5.78 Å². The number of nitrogens with two attached hydrogens (primary N) is 2. The lowest BCUT2D eigenvalue weighted by molar-refractivity contribution is -0.150. The predicted molar refractivity (Wildman–Crippen MR) is 454 cm³/mol. The van der Waals surface area contributed by atoms with E-state index < -0.39 is 52.3 Å². The normalized spacial score (nSPS) is 20.5. The average Bonchev–Trinajstić information content (AvgIpc) is 0.721. The van der Waals surface area contributed by atoms with Crippen molar-refractivity contribution < 1.29 is 86.2 Å². The second-order valence-corrected chi connectivity index (χ2v) is 34.0. The highest BCUT2D eigenvalue weighted by atomic mass is 16.6. The number of imide groups is 1. The summed E-state index contributed by atoms with van der Waals surface area (Å²) in [7, 11) is 1.55. The molecule has 2 fully saturated rings. The number of nitrogens with one attached hydrogen (secondary N) is 3. The van der Waals surface area contributed by atoms with E-state index in [1.165, 1.54) is 20.9 Å². The van der Waals surface area contributed by atoms with Crippen molar-refractivity contribution in [3.8, 4) is 17.6 Å². The molecule has 4 aliphatic carbocycles. The number of Topliss-reactive ketones (excluding diaryl/α,β-unsaturated/α-hetero) is 3. The number of likely N-dealkylation sites (N-methyl/N-ethyl adjacent to an activating group) is 1. The number of nitrogens with zero attached hydrogens (tertiary/aromatic N) is 3. The van der Waals surface area contributed by atoms with Crippen LogP contribution in [0.1, 0.15) is 194 Å². The van der Waals surface area contributed by atoms with E-state index in [-0.39, 0.29) is 169 Å². The number of hydrogen-bond donors (Lipinski definition) is 6. The Balaban J connectivity index is 0.612. The molecule has 26 nitrogen and oxygen atoms in total. The maximum atomic E-state index is 14.9.